The molecule has 0 unspecified atom stereocenters. The maximum Gasteiger partial charge on any atom is 0.273 e. The van der Waals surface area contributed by atoms with Crippen molar-refractivity contribution in [1.82, 2.24) is 16.2 Å². The molecular formula is C15H19N3O3S. The lowest BCUT2D eigenvalue weighted by atomic mass is 9.89. The number of phenolic OH excluding ortho intramolecular Hbond substituents is 1. The van der Waals surface area contributed by atoms with Gasteiger partial charge in [0.1, 0.15) is 5.75 Å². The van der Waals surface area contributed by atoms with Gasteiger partial charge in [-0.3, -0.25) is 20.4 Å². The highest BCUT2D eigenvalue weighted by molar-refractivity contribution is 7.80. The van der Waals surface area contributed by atoms with Crippen molar-refractivity contribution in [3.05, 3.63) is 29.8 Å². The Morgan fingerprint density at radius 3 is 2.45 bits per heavy atom. The summed E-state index contributed by atoms with van der Waals surface area (Å²) in [6.45, 7) is 0. The first-order chi connectivity index (χ1) is 10.6. The lowest BCUT2D eigenvalue weighted by molar-refractivity contribution is -0.124. The van der Waals surface area contributed by atoms with Crippen LogP contribution in [0.15, 0.2) is 24.3 Å². The third kappa shape index (κ3) is 4.42. The zero-order chi connectivity index (χ0) is 15.9. The van der Waals surface area contributed by atoms with Gasteiger partial charge in [-0.05, 0) is 37.2 Å². The number of aromatic hydroxyl groups is 1. The first-order valence-corrected chi connectivity index (χ1v) is 7.68. The molecule has 0 spiro atoms. The summed E-state index contributed by atoms with van der Waals surface area (Å²) in [5.74, 6) is -0.789. The van der Waals surface area contributed by atoms with Crippen molar-refractivity contribution in [3.63, 3.8) is 0 Å². The highest BCUT2D eigenvalue weighted by Crippen LogP contribution is 2.23. The highest BCUT2D eigenvalue weighted by atomic mass is 32.1. The van der Waals surface area contributed by atoms with Crippen LogP contribution in [0.25, 0.3) is 0 Å². The molecule has 0 atom stereocenters. The number of para-hydroxylation sites is 1. The summed E-state index contributed by atoms with van der Waals surface area (Å²) in [6, 6.07) is 6.15. The van der Waals surface area contributed by atoms with Gasteiger partial charge >= 0.3 is 0 Å². The topological polar surface area (TPSA) is 90.5 Å². The number of carbonyl (C=O) groups is 2. The number of nitrogens with one attached hydrogen (secondary N) is 3. The third-order valence-corrected chi connectivity index (χ3v) is 3.86. The number of amides is 2. The summed E-state index contributed by atoms with van der Waals surface area (Å²) in [6.07, 6.45) is 5.03. The Labute approximate surface area is 134 Å². The Bertz CT molecular complexity index is 571. The van der Waals surface area contributed by atoms with Gasteiger partial charge in [-0.15, -0.1) is 0 Å². The zero-order valence-corrected chi connectivity index (χ0v) is 12.9. The SMILES string of the molecule is O=C(NNC(=S)NC(=O)C1CCCCC1)c1ccccc1O. The summed E-state index contributed by atoms with van der Waals surface area (Å²) in [5, 5.41) is 12.2. The van der Waals surface area contributed by atoms with Crippen molar-refractivity contribution < 1.29 is 14.7 Å². The molecule has 1 aromatic rings. The van der Waals surface area contributed by atoms with Crippen LogP contribution in [-0.2, 0) is 4.79 Å². The monoisotopic (exact) mass is 321 g/mol. The van der Waals surface area contributed by atoms with E-state index in [0.29, 0.717) is 0 Å². The maximum absolute atomic E-state index is 12.0. The van der Waals surface area contributed by atoms with Gasteiger partial charge in [0.05, 0.1) is 5.56 Å². The quantitative estimate of drug-likeness (QED) is 0.491. The van der Waals surface area contributed by atoms with Gasteiger partial charge in [-0.1, -0.05) is 31.4 Å². The van der Waals surface area contributed by atoms with Crippen LogP contribution in [0.2, 0.25) is 0 Å². The van der Waals surface area contributed by atoms with Gasteiger partial charge in [-0.25, -0.2) is 0 Å². The van der Waals surface area contributed by atoms with E-state index >= 15 is 0 Å². The van der Waals surface area contributed by atoms with Crippen molar-refractivity contribution in [2.24, 2.45) is 5.92 Å². The fourth-order valence-electron chi connectivity index (χ4n) is 2.46. The Hall–Kier alpha value is -2.15. The molecule has 1 aliphatic carbocycles. The second kappa shape index (κ2) is 7.74. The van der Waals surface area contributed by atoms with Gasteiger partial charge in [0.15, 0.2) is 5.11 Å². The fourth-order valence-corrected chi connectivity index (χ4v) is 2.61. The van der Waals surface area contributed by atoms with E-state index in [1.165, 1.54) is 18.6 Å². The molecule has 0 bridgehead atoms. The van der Waals surface area contributed by atoms with Crippen LogP contribution in [0.5, 0.6) is 5.75 Å². The van der Waals surface area contributed by atoms with Crippen LogP contribution in [0.4, 0.5) is 0 Å². The minimum atomic E-state index is -0.535. The van der Waals surface area contributed by atoms with Crippen molar-refractivity contribution in [2.75, 3.05) is 0 Å². The van der Waals surface area contributed by atoms with Crippen LogP contribution in [-0.4, -0.2) is 22.0 Å². The van der Waals surface area contributed by atoms with E-state index in [9.17, 15) is 14.7 Å². The van der Waals surface area contributed by atoms with E-state index in [2.05, 4.69) is 16.2 Å². The molecule has 2 rings (SSSR count). The van der Waals surface area contributed by atoms with Gasteiger partial charge in [0, 0.05) is 5.92 Å². The first-order valence-electron chi connectivity index (χ1n) is 7.27. The molecule has 118 valence electrons. The number of hydrazine groups is 1. The van der Waals surface area contributed by atoms with Crippen LogP contribution in [0, 0.1) is 5.92 Å². The average Bonchev–Trinajstić information content (AvgIpc) is 2.54. The standard InChI is InChI=1S/C15H19N3O3S/c19-12-9-5-4-8-11(12)14(21)17-18-15(22)16-13(20)10-6-2-1-3-7-10/h4-5,8-10,19H,1-3,6-7H2,(H,17,21)(H2,16,18,20,22). The van der Waals surface area contributed by atoms with E-state index < -0.39 is 5.91 Å². The minimum Gasteiger partial charge on any atom is -0.507 e. The molecule has 0 aliphatic heterocycles. The molecule has 7 heteroatoms. The lowest BCUT2D eigenvalue weighted by Crippen LogP contribution is -2.49. The van der Waals surface area contributed by atoms with Crippen LogP contribution in [0.3, 0.4) is 0 Å². The molecule has 2 amide bonds. The summed E-state index contributed by atoms with van der Waals surface area (Å²) < 4.78 is 0. The van der Waals surface area contributed by atoms with E-state index in [0.717, 1.165) is 25.7 Å². The molecule has 1 saturated carbocycles. The van der Waals surface area contributed by atoms with Crippen molar-refractivity contribution in [1.29, 1.82) is 0 Å². The predicted octanol–water partition coefficient (Wildman–Crippen LogP) is 1.61. The Balaban J connectivity index is 1.79. The van der Waals surface area contributed by atoms with E-state index in [4.69, 9.17) is 12.2 Å². The largest absolute Gasteiger partial charge is 0.507 e. The summed E-state index contributed by atoms with van der Waals surface area (Å²) in [5.41, 5.74) is 4.93. The molecule has 0 aromatic heterocycles. The normalized spacial score (nSPS) is 14.9. The van der Waals surface area contributed by atoms with Crippen LogP contribution in [0.1, 0.15) is 42.5 Å². The Morgan fingerprint density at radius 2 is 1.77 bits per heavy atom. The number of phenols is 1. The molecule has 1 fully saturated rings. The number of carbonyl (C=O) groups excluding carboxylic acids is 2. The molecule has 1 aromatic carbocycles. The molecule has 1 aliphatic rings. The predicted molar refractivity (Wildman–Crippen MR) is 86.0 cm³/mol. The second-order valence-electron chi connectivity index (χ2n) is 5.25. The van der Waals surface area contributed by atoms with Crippen LogP contribution >= 0.6 is 12.2 Å². The van der Waals surface area contributed by atoms with Gasteiger partial charge in [0.2, 0.25) is 5.91 Å². The maximum atomic E-state index is 12.0. The summed E-state index contributed by atoms with van der Waals surface area (Å²) in [7, 11) is 0. The molecule has 22 heavy (non-hydrogen) atoms. The molecule has 0 radical (unpaired) electrons. The van der Waals surface area contributed by atoms with E-state index in [-0.39, 0.29) is 28.3 Å². The van der Waals surface area contributed by atoms with Gasteiger partial charge in [0.25, 0.3) is 5.91 Å². The average molecular weight is 321 g/mol. The van der Waals surface area contributed by atoms with Crippen LogP contribution < -0.4 is 16.2 Å². The number of hydrogen-bond donors (Lipinski definition) is 4. The lowest BCUT2D eigenvalue weighted by Gasteiger charge is -2.21. The summed E-state index contributed by atoms with van der Waals surface area (Å²) >= 11 is 4.98. The van der Waals surface area contributed by atoms with Crippen molar-refractivity contribution in [2.45, 2.75) is 32.1 Å². The molecule has 0 heterocycles. The Morgan fingerprint density at radius 1 is 1.09 bits per heavy atom. The van der Waals surface area contributed by atoms with Gasteiger partial charge < -0.3 is 10.4 Å². The summed E-state index contributed by atoms with van der Waals surface area (Å²) in [4.78, 5) is 23.8. The Kier molecular flexibility index (Phi) is 5.71. The zero-order valence-electron chi connectivity index (χ0n) is 12.1. The second-order valence-corrected chi connectivity index (χ2v) is 5.66. The number of hydrogen-bond acceptors (Lipinski definition) is 4. The van der Waals surface area contributed by atoms with E-state index in [1.54, 1.807) is 12.1 Å². The number of benzene rings is 1. The molecule has 0 saturated heterocycles. The highest BCUT2D eigenvalue weighted by Gasteiger charge is 2.21. The van der Waals surface area contributed by atoms with Crippen molar-refractivity contribution in [3.8, 4) is 5.75 Å². The van der Waals surface area contributed by atoms with Gasteiger partial charge in [-0.2, -0.15) is 0 Å². The molecular weight excluding hydrogens is 302 g/mol. The third-order valence-electron chi connectivity index (χ3n) is 3.65. The smallest absolute Gasteiger partial charge is 0.273 e. The minimum absolute atomic E-state index is 0.0117. The first kappa shape index (κ1) is 16.2. The fraction of sp³-hybridized carbons (Fsp3) is 0.400. The molecule has 4 N–H and O–H groups in total. The van der Waals surface area contributed by atoms with Crippen molar-refractivity contribution >= 4 is 29.1 Å². The molecule has 6 nitrogen and oxygen atoms in total. The number of rotatable bonds is 2. The number of thiocarbonyl (C=S) groups is 1. The van der Waals surface area contributed by atoms with E-state index in [1.807, 2.05) is 0 Å².